The molecule has 36 heavy (non-hydrogen) atoms. The normalized spacial score (nSPS) is 15.4. The number of nitrogens with two attached hydrogens (primary N) is 1. The van der Waals surface area contributed by atoms with Crippen LogP contribution in [0.5, 0.6) is 0 Å². The summed E-state index contributed by atoms with van der Waals surface area (Å²) in [5.74, 6) is -1.46. The monoisotopic (exact) mass is 503 g/mol. The predicted octanol–water partition coefficient (Wildman–Crippen LogP) is 2.32. The Kier molecular flexibility index (Phi) is 6.07. The number of carbonyl (C=O) groups is 3. The molecule has 0 bridgehead atoms. The summed E-state index contributed by atoms with van der Waals surface area (Å²) in [7, 11) is 0. The van der Waals surface area contributed by atoms with Crippen LogP contribution in [-0.4, -0.2) is 53.4 Å². The molecule has 1 fully saturated rings. The van der Waals surface area contributed by atoms with Crippen LogP contribution in [0.25, 0.3) is 11.8 Å². The molecule has 0 atom stereocenters. The van der Waals surface area contributed by atoms with E-state index in [4.69, 9.17) is 17.3 Å². The molecule has 0 saturated carbocycles. The van der Waals surface area contributed by atoms with Gasteiger partial charge in [-0.3, -0.25) is 29.1 Å². The number of anilines is 2. The van der Waals surface area contributed by atoms with Gasteiger partial charge in [-0.05, 0) is 29.8 Å². The Morgan fingerprint density at radius 1 is 0.944 bits per heavy atom. The maximum atomic E-state index is 12.7. The Morgan fingerprint density at radius 3 is 2.36 bits per heavy atom. The van der Waals surface area contributed by atoms with Crippen molar-refractivity contribution < 1.29 is 14.4 Å². The molecule has 2 aromatic carbocycles. The number of benzene rings is 2. The number of rotatable bonds is 4. The molecule has 0 unspecified atom stereocenters. The lowest BCUT2D eigenvalue weighted by molar-refractivity contribution is -0.126. The van der Waals surface area contributed by atoms with Crippen molar-refractivity contribution in [1.82, 2.24) is 14.8 Å². The van der Waals surface area contributed by atoms with Gasteiger partial charge in [0.25, 0.3) is 17.4 Å². The number of imide groups is 1. The highest BCUT2D eigenvalue weighted by molar-refractivity contribution is 6.33. The number of piperazine rings is 1. The summed E-state index contributed by atoms with van der Waals surface area (Å²) in [6, 6.07) is 15.8. The molecule has 0 radical (unpaired) electrons. The quantitative estimate of drug-likeness (QED) is 0.417. The number of nitrogens with zero attached hydrogens (tertiary/aromatic N) is 3. The molecule has 1 aromatic heterocycles. The van der Waals surface area contributed by atoms with E-state index in [1.54, 1.807) is 35.3 Å². The smallest absolute Gasteiger partial charge is 0.262 e. The van der Waals surface area contributed by atoms with E-state index >= 15 is 0 Å². The number of hydrogen-bond acceptors (Lipinski definition) is 6. The fourth-order valence-corrected chi connectivity index (χ4v) is 4.74. The molecule has 5 rings (SSSR count). The number of hydrogen-bond donors (Lipinski definition) is 2. The van der Waals surface area contributed by atoms with Gasteiger partial charge < -0.3 is 15.5 Å². The Morgan fingerprint density at radius 2 is 1.67 bits per heavy atom. The molecular formula is C26H22ClN5O4. The van der Waals surface area contributed by atoms with E-state index in [1.807, 2.05) is 30.3 Å². The van der Waals surface area contributed by atoms with Gasteiger partial charge in [0.2, 0.25) is 5.91 Å². The minimum Gasteiger partial charge on any atom is -0.384 e. The van der Waals surface area contributed by atoms with Gasteiger partial charge in [0, 0.05) is 38.3 Å². The maximum absolute atomic E-state index is 12.7. The van der Waals surface area contributed by atoms with Crippen molar-refractivity contribution in [2.45, 2.75) is 0 Å². The van der Waals surface area contributed by atoms with Crippen molar-refractivity contribution in [2.24, 2.45) is 0 Å². The molecule has 0 aliphatic carbocycles. The number of nitrogen functional groups attached to an aromatic ring is 1. The zero-order valence-electron chi connectivity index (χ0n) is 19.1. The van der Waals surface area contributed by atoms with Gasteiger partial charge in [0.15, 0.2) is 0 Å². The fourth-order valence-electron chi connectivity index (χ4n) is 4.44. The molecule has 3 aromatic rings. The summed E-state index contributed by atoms with van der Waals surface area (Å²) >= 11 is 6.58. The van der Waals surface area contributed by atoms with Gasteiger partial charge in [0.1, 0.15) is 5.82 Å². The fraction of sp³-hybridized carbons (Fsp3) is 0.154. The van der Waals surface area contributed by atoms with Crippen LogP contribution in [0.3, 0.4) is 0 Å². The summed E-state index contributed by atoms with van der Waals surface area (Å²) in [5, 5.41) is 2.54. The third kappa shape index (κ3) is 4.25. The van der Waals surface area contributed by atoms with Crippen molar-refractivity contribution in [3.05, 3.63) is 92.7 Å². The van der Waals surface area contributed by atoms with Crippen LogP contribution >= 0.6 is 11.6 Å². The number of fused-ring (bicyclic) bond motifs is 1. The third-order valence-electron chi connectivity index (χ3n) is 6.29. The molecular weight excluding hydrogens is 482 g/mol. The van der Waals surface area contributed by atoms with E-state index in [9.17, 15) is 19.2 Å². The molecule has 3 heterocycles. The second kappa shape index (κ2) is 9.35. The van der Waals surface area contributed by atoms with Crippen molar-refractivity contribution in [1.29, 1.82) is 0 Å². The molecule has 10 heteroatoms. The molecule has 3 N–H and O–H groups in total. The molecule has 1 saturated heterocycles. The molecule has 9 nitrogen and oxygen atoms in total. The van der Waals surface area contributed by atoms with Crippen LogP contribution in [0.4, 0.5) is 11.5 Å². The highest BCUT2D eigenvalue weighted by Crippen LogP contribution is 2.31. The van der Waals surface area contributed by atoms with E-state index in [0.29, 0.717) is 36.9 Å². The number of aromatic nitrogens is 1. The van der Waals surface area contributed by atoms with Gasteiger partial charge in [-0.1, -0.05) is 41.9 Å². The minimum absolute atomic E-state index is 0.0260. The lowest BCUT2D eigenvalue weighted by Crippen LogP contribution is -2.48. The zero-order valence-corrected chi connectivity index (χ0v) is 19.9. The first kappa shape index (κ1) is 23.4. The van der Waals surface area contributed by atoms with Crippen molar-refractivity contribution in [3.63, 3.8) is 0 Å². The summed E-state index contributed by atoms with van der Waals surface area (Å²) in [4.78, 5) is 53.1. The predicted molar refractivity (Wildman–Crippen MR) is 138 cm³/mol. The summed E-state index contributed by atoms with van der Waals surface area (Å²) in [5.41, 5.74) is 7.60. The summed E-state index contributed by atoms with van der Waals surface area (Å²) < 4.78 is 1.16. The second-order valence-electron chi connectivity index (χ2n) is 8.47. The van der Waals surface area contributed by atoms with Crippen LogP contribution in [0.1, 0.15) is 26.3 Å². The summed E-state index contributed by atoms with van der Waals surface area (Å²) in [6.07, 6.45) is 3.38. The van der Waals surface area contributed by atoms with Gasteiger partial charge in [-0.15, -0.1) is 0 Å². The average Bonchev–Trinajstić information content (AvgIpc) is 3.16. The van der Waals surface area contributed by atoms with E-state index in [-0.39, 0.29) is 22.9 Å². The van der Waals surface area contributed by atoms with Crippen LogP contribution in [0.15, 0.2) is 65.5 Å². The SMILES string of the molecule is Nc1c2c(cc(=O)n1-c1ccc(N3CCN(C(=O)C=Cc4ccccc4)CC3)c(Cl)c1)C(=O)NC2=O. The van der Waals surface area contributed by atoms with Gasteiger partial charge in [-0.2, -0.15) is 0 Å². The maximum Gasteiger partial charge on any atom is 0.262 e. The Hall–Kier alpha value is -4.37. The van der Waals surface area contributed by atoms with Gasteiger partial charge >= 0.3 is 0 Å². The number of carbonyl (C=O) groups excluding carboxylic acids is 3. The minimum atomic E-state index is -0.646. The largest absolute Gasteiger partial charge is 0.384 e. The summed E-state index contributed by atoms with van der Waals surface area (Å²) in [6.45, 7) is 2.26. The molecule has 2 aliphatic rings. The standard InChI is InChI=1S/C26H22ClN5O4/c27-19-14-17(32-22(34)15-18-23(24(32)28)26(36)29-25(18)35)7-8-20(19)30-10-12-31(13-11-30)21(33)9-6-16-4-2-1-3-5-16/h1-9,14-15H,10-13,28H2,(H,29,35,36). The number of nitrogens with one attached hydrogen (secondary N) is 1. The topological polar surface area (TPSA) is 118 Å². The van der Waals surface area contributed by atoms with Crippen LogP contribution in [0.2, 0.25) is 5.02 Å². The first-order chi connectivity index (χ1) is 17.3. The highest BCUT2D eigenvalue weighted by Gasteiger charge is 2.32. The number of amides is 3. The first-order valence-electron chi connectivity index (χ1n) is 11.3. The lowest BCUT2D eigenvalue weighted by Gasteiger charge is -2.36. The number of pyridine rings is 1. The van der Waals surface area contributed by atoms with Crippen LogP contribution in [-0.2, 0) is 4.79 Å². The lowest BCUT2D eigenvalue weighted by atomic mass is 10.1. The van der Waals surface area contributed by atoms with Crippen molar-refractivity contribution in [2.75, 3.05) is 36.8 Å². The van der Waals surface area contributed by atoms with E-state index in [0.717, 1.165) is 21.9 Å². The van der Waals surface area contributed by atoms with E-state index in [1.165, 1.54) is 0 Å². The Bertz CT molecular complexity index is 1470. The Labute approximate surface area is 211 Å². The highest BCUT2D eigenvalue weighted by atomic mass is 35.5. The van der Waals surface area contributed by atoms with E-state index < -0.39 is 17.4 Å². The van der Waals surface area contributed by atoms with E-state index in [2.05, 4.69) is 10.2 Å². The van der Waals surface area contributed by atoms with Gasteiger partial charge in [-0.25, -0.2) is 0 Å². The molecule has 2 aliphatic heterocycles. The van der Waals surface area contributed by atoms with Gasteiger partial charge in [0.05, 0.1) is 27.5 Å². The first-order valence-corrected chi connectivity index (χ1v) is 11.7. The molecule has 182 valence electrons. The second-order valence-corrected chi connectivity index (χ2v) is 8.87. The zero-order chi connectivity index (χ0) is 25.4. The van der Waals surface area contributed by atoms with Crippen LogP contribution < -0.4 is 21.5 Å². The Balaban J connectivity index is 1.31. The molecule has 3 amide bonds. The third-order valence-corrected chi connectivity index (χ3v) is 6.60. The number of halogens is 1. The van der Waals surface area contributed by atoms with Crippen LogP contribution in [0, 0.1) is 0 Å². The van der Waals surface area contributed by atoms with Crippen molar-refractivity contribution in [3.8, 4) is 5.69 Å². The average molecular weight is 504 g/mol. The van der Waals surface area contributed by atoms with Crippen molar-refractivity contribution >= 4 is 46.9 Å². The molecule has 0 spiro atoms.